The van der Waals surface area contributed by atoms with E-state index in [-0.39, 0.29) is 24.0 Å². The molecule has 0 radical (unpaired) electrons. The molecule has 2 N–H and O–H groups in total. The number of halogens is 2. The molecule has 0 saturated heterocycles. The van der Waals surface area contributed by atoms with Gasteiger partial charge in [-0.25, -0.2) is 4.98 Å². The van der Waals surface area contributed by atoms with Crippen LogP contribution in [0.4, 0.5) is 0 Å². The molecular formula is C19H26ClIN4O2. The van der Waals surface area contributed by atoms with Gasteiger partial charge in [0.15, 0.2) is 5.96 Å². The molecular weight excluding hydrogens is 479 g/mol. The van der Waals surface area contributed by atoms with Crippen molar-refractivity contribution in [2.24, 2.45) is 4.99 Å². The SMILES string of the molecule is CN=C(NCCc1ccc(Cl)cc1)NCc1cccnc1OCCOC.I. The molecule has 6 nitrogen and oxygen atoms in total. The third-order valence-corrected chi connectivity index (χ3v) is 3.92. The zero-order valence-corrected chi connectivity index (χ0v) is 18.7. The van der Waals surface area contributed by atoms with Crippen molar-refractivity contribution in [3.05, 3.63) is 58.7 Å². The molecule has 8 heteroatoms. The molecule has 0 fully saturated rings. The van der Waals surface area contributed by atoms with Crippen LogP contribution in [0.2, 0.25) is 5.02 Å². The lowest BCUT2D eigenvalue weighted by Gasteiger charge is -2.14. The van der Waals surface area contributed by atoms with Gasteiger partial charge in [0.1, 0.15) is 6.61 Å². The highest BCUT2D eigenvalue weighted by atomic mass is 127. The third kappa shape index (κ3) is 8.77. The maximum atomic E-state index is 5.90. The van der Waals surface area contributed by atoms with Crippen LogP contribution in [0.25, 0.3) is 0 Å². The number of benzene rings is 1. The van der Waals surface area contributed by atoms with E-state index in [0.717, 1.165) is 29.5 Å². The second kappa shape index (κ2) is 13.6. The molecule has 2 aromatic rings. The first-order chi connectivity index (χ1) is 12.7. The van der Waals surface area contributed by atoms with E-state index in [1.54, 1.807) is 20.4 Å². The molecule has 1 aromatic carbocycles. The van der Waals surface area contributed by atoms with Crippen LogP contribution in [0.15, 0.2) is 47.6 Å². The average molecular weight is 505 g/mol. The zero-order chi connectivity index (χ0) is 18.6. The Morgan fingerprint density at radius 1 is 1.15 bits per heavy atom. The van der Waals surface area contributed by atoms with Crippen molar-refractivity contribution >= 4 is 41.5 Å². The second-order valence-corrected chi connectivity index (χ2v) is 5.97. The molecule has 0 bridgehead atoms. The quantitative estimate of drug-likeness (QED) is 0.237. The summed E-state index contributed by atoms with van der Waals surface area (Å²) in [4.78, 5) is 8.52. The molecule has 0 unspecified atom stereocenters. The summed E-state index contributed by atoms with van der Waals surface area (Å²) in [5.41, 5.74) is 2.18. The van der Waals surface area contributed by atoms with E-state index in [0.29, 0.717) is 25.6 Å². The lowest BCUT2D eigenvalue weighted by Crippen LogP contribution is -2.38. The Hall–Kier alpha value is -1.58. The number of hydrogen-bond acceptors (Lipinski definition) is 4. The minimum absolute atomic E-state index is 0. The van der Waals surface area contributed by atoms with Crippen LogP contribution < -0.4 is 15.4 Å². The number of nitrogens with one attached hydrogen (secondary N) is 2. The summed E-state index contributed by atoms with van der Waals surface area (Å²) in [6, 6.07) is 11.7. The minimum Gasteiger partial charge on any atom is -0.475 e. The number of guanidine groups is 1. The highest BCUT2D eigenvalue weighted by molar-refractivity contribution is 14.0. The maximum absolute atomic E-state index is 5.90. The molecule has 0 atom stereocenters. The fraction of sp³-hybridized carbons (Fsp3) is 0.368. The molecule has 0 aliphatic heterocycles. The number of nitrogens with zero attached hydrogens (tertiary/aromatic N) is 2. The van der Waals surface area contributed by atoms with E-state index in [9.17, 15) is 0 Å². The topological polar surface area (TPSA) is 67.8 Å². The largest absolute Gasteiger partial charge is 0.475 e. The fourth-order valence-electron chi connectivity index (χ4n) is 2.29. The Kier molecular flexibility index (Phi) is 11.8. The summed E-state index contributed by atoms with van der Waals surface area (Å²) >= 11 is 5.90. The summed E-state index contributed by atoms with van der Waals surface area (Å²) in [6.07, 6.45) is 2.60. The monoisotopic (exact) mass is 504 g/mol. The van der Waals surface area contributed by atoms with E-state index < -0.39 is 0 Å². The first kappa shape index (κ1) is 23.5. The summed E-state index contributed by atoms with van der Waals surface area (Å²) in [6.45, 7) is 2.33. The Balaban J connectivity index is 0.00000364. The number of methoxy groups -OCH3 is 1. The van der Waals surface area contributed by atoms with E-state index in [1.165, 1.54) is 5.56 Å². The normalized spacial score (nSPS) is 10.9. The van der Waals surface area contributed by atoms with Crippen molar-refractivity contribution in [2.45, 2.75) is 13.0 Å². The van der Waals surface area contributed by atoms with Crippen LogP contribution in [-0.4, -0.2) is 44.9 Å². The van der Waals surface area contributed by atoms with Gasteiger partial charge in [-0.3, -0.25) is 4.99 Å². The van der Waals surface area contributed by atoms with Crippen molar-refractivity contribution in [2.75, 3.05) is 33.9 Å². The Labute approximate surface area is 182 Å². The van der Waals surface area contributed by atoms with E-state index >= 15 is 0 Å². The van der Waals surface area contributed by atoms with E-state index in [2.05, 4.69) is 20.6 Å². The predicted molar refractivity (Wildman–Crippen MR) is 120 cm³/mol. The number of aromatic nitrogens is 1. The summed E-state index contributed by atoms with van der Waals surface area (Å²) in [7, 11) is 3.39. The van der Waals surface area contributed by atoms with Crippen molar-refractivity contribution in [3.63, 3.8) is 0 Å². The van der Waals surface area contributed by atoms with Crippen LogP contribution in [0.5, 0.6) is 5.88 Å². The standard InChI is InChI=1S/C19H25ClN4O2.HI/c1-21-19(23-11-9-15-5-7-17(20)8-6-15)24-14-16-4-3-10-22-18(16)26-13-12-25-2;/h3-8,10H,9,11-14H2,1-2H3,(H2,21,23,24);1H. The van der Waals surface area contributed by atoms with Crippen molar-refractivity contribution in [1.29, 1.82) is 0 Å². The number of hydrogen-bond donors (Lipinski definition) is 2. The summed E-state index contributed by atoms with van der Waals surface area (Å²) in [5.74, 6) is 1.33. The Morgan fingerprint density at radius 3 is 2.63 bits per heavy atom. The van der Waals surface area contributed by atoms with Gasteiger partial charge in [-0.1, -0.05) is 29.8 Å². The Morgan fingerprint density at radius 2 is 1.93 bits per heavy atom. The highest BCUT2D eigenvalue weighted by Gasteiger charge is 2.06. The molecule has 0 saturated carbocycles. The maximum Gasteiger partial charge on any atom is 0.218 e. The van der Waals surface area contributed by atoms with Gasteiger partial charge in [-0.05, 0) is 30.2 Å². The van der Waals surface area contributed by atoms with Gasteiger partial charge in [0, 0.05) is 44.0 Å². The average Bonchev–Trinajstić information content (AvgIpc) is 2.67. The highest BCUT2D eigenvalue weighted by Crippen LogP contribution is 2.13. The summed E-state index contributed by atoms with van der Waals surface area (Å²) < 4.78 is 10.6. The third-order valence-electron chi connectivity index (χ3n) is 3.67. The molecule has 27 heavy (non-hydrogen) atoms. The van der Waals surface area contributed by atoms with Gasteiger partial charge in [0.25, 0.3) is 0 Å². The Bertz CT molecular complexity index is 698. The first-order valence-corrected chi connectivity index (χ1v) is 8.85. The van der Waals surface area contributed by atoms with Crippen molar-refractivity contribution in [3.8, 4) is 5.88 Å². The van der Waals surface area contributed by atoms with Gasteiger partial charge in [-0.2, -0.15) is 0 Å². The van der Waals surface area contributed by atoms with Crippen LogP contribution in [0.3, 0.4) is 0 Å². The number of rotatable bonds is 9. The zero-order valence-electron chi connectivity index (χ0n) is 15.6. The van der Waals surface area contributed by atoms with Crippen LogP contribution in [-0.2, 0) is 17.7 Å². The lowest BCUT2D eigenvalue weighted by atomic mass is 10.1. The van der Waals surface area contributed by atoms with Gasteiger partial charge in [0.05, 0.1) is 6.61 Å². The number of ether oxygens (including phenoxy) is 2. The molecule has 0 spiro atoms. The van der Waals surface area contributed by atoms with Gasteiger partial charge >= 0.3 is 0 Å². The summed E-state index contributed by atoms with van der Waals surface area (Å²) in [5, 5.41) is 7.33. The van der Waals surface area contributed by atoms with Crippen molar-refractivity contribution < 1.29 is 9.47 Å². The predicted octanol–water partition coefficient (Wildman–Crippen LogP) is 3.29. The van der Waals surface area contributed by atoms with E-state index in [1.807, 2.05) is 36.4 Å². The molecule has 1 aromatic heterocycles. The first-order valence-electron chi connectivity index (χ1n) is 8.47. The minimum atomic E-state index is 0. The van der Waals surface area contributed by atoms with Gasteiger partial charge < -0.3 is 20.1 Å². The van der Waals surface area contributed by atoms with Crippen LogP contribution >= 0.6 is 35.6 Å². The van der Waals surface area contributed by atoms with Gasteiger partial charge in [-0.15, -0.1) is 24.0 Å². The number of aliphatic imine (C=N–C) groups is 1. The molecule has 0 amide bonds. The molecule has 0 aliphatic carbocycles. The van der Waals surface area contributed by atoms with Gasteiger partial charge in [0.2, 0.25) is 5.88 Å². The molecule has 1 heterocycles. The van der Waals surface area contributed by atoms with Crippen LogP contribution in [0.1, 0.15) is 11.1 Å². The smallest absolute Gasteiger partial charge is 0.218 e. The molecule has 2 rings (SSSR count). The molecule has 0 aliphatic rings. The van der Waals surface area contributed by atoms with Crippen molar-refractivity contribution in [1.82, 2.24) is 15.6 Å². The fourth-order valence-corrected chi connectivity index (χ4v) is 2.41. The second-order valence-electron chi connectivity index (χ2n) is 5.54. The number of pyridine rings is 1. The lowest BCUT2D eigenvalue weighted by molar-refractivity contribution is 0.143. The van der Waals surface area contributed by atoms with Crippen LogP contribution in [0, 0.1) is 0 Å². The molecule has 148 valence electrons. The van der Waals surface area contributed by atoms with E-state index in [4.69, 9.17) is 21.1 Å².